The van der Waals surface area contributed by atoms with E-state index in [4.69, 9.17) is 4.74 Å². The Labute approximate surface area is 143 Å². The van der Waals surface area contributed by atoms with Crippen LogP contribution in [0, 0.1) is 17.8 Å². The zero-order valence-electron chi connectivity index (χ0n) is 14.4. The molecule has 24 heavy (non-hydrogen) atoms. The standard InChI is InChI=1S/C18H26N4O2/c1-24-17-9-16(19-12-20-17)21-7-5-13(6-8-21)18(23)22-10-14-3-2-4-15(14)11-22/h9,12-15H,2-8,10-11H2,1H3. The molecular weight excluding hydrogens is 304 g/mol. The van der Waals surface area contributed by atoms with Gasteiger partial charge in [0.15, 0.2) is 0 Å². The maximum atomic E-state index is 12.8. The molecule has 2 unspecified atom stereocenters. The van der Waals surface area contributed by atoms with Crippen molar-refractivity contribution in [1.82, 2.24) is 14.9 Å². The lowest BCUT2D eigenvalue weighted by atomic mass is 9.95. The number of rotatable bonds is 3. The summed E-state index contributed by atoms with van der Waals surface area (Å²) in [4.78, 5) is 25.6. The Morgan fingerprint density at radius 2 is 1.83 bits per heavy atom. The minimum absolute atomic E-state index is 0.184. The molecule has 2 aliphatic heterocycles. The van der Waals surface area contributed by atoms with Crippen LogP contribution in [0.5, 0.6) is 5.88 Å². The normalized spacial score (nSPS) is 27.4. The Bertz CT molecular complexity index is 588. The molecule has 0 spiro atoms. The Morgan fingerprint density at radius 1 is 1.12 bits per heavy atom. The van der Waals surface area contributed by atoms with Crippen LogP contribution in [0.2, 0.25) is 0 Å². The van der Waals surface area contributed by atoms with Crippen molar-refractivity contribution in [3.63, 3.8) is 0 Å². The van der Waals surface area contributed by atoms with Crippen LogP contribution in [-0.2, 0) is 4.79 Å². The fraction of sp³-hybridized carbons (Fsp3) is 0.722. The van der Waals surface area contributed by atoms with Crippen molar-refractivity contribution in [1.29, 1.82) is 0 Å². The van der Waals surface area contributed by atoms with Crippen molar-refractivity contribution in [3.8, 4) is 5.88 Å². The molecule has 0 N–H and O–H groups in total. The molecule has 1 aromatic rings. The van der Waals surface area contributed by atoms with Gasteiger partial charge in [-0.25, -0.2) is 9.97 Å². The lowest BCUT2D eigenvalue weighted by Gasteiger charge is -2.34. The average Bonchev–Trinajstić information content (AvgIpc) is 3.23. The summed E-state index contributed by atoms with van der Waals surface area (Å²) in [5, 5.41) is 0. The van der Waals surface area contributed by atoms with Crippen molar-refractivity contribution in [2.24, 2.45) is 17.8 Å². The van der Waals surface area contributed by atoms with E-state index in [0.29, 0.717) is 11.8 Å². The van der Waals surface area contributed by atoms with E-state index >= 15 is 0 Å². The Morgan fingerprint density at radius 3 is 2.50 bits per heavy atom. The van der Waals surface area contributed by atoms with Gasteiger partial charge in [-0.1, -0.05) is 6.42 Å². The van der Waals surface area contributed by atoms with Gasteiger partial charge in [-0.05, 0) is 37.5 Å². The molecule has 1 amide bonds. The number of amides is 1. The highest BCUT2D eigenvalue weighted by Crippen LogP contribution is 2.38. The van der Waals surface area contributed by atoms with Gasteiger partial charge in [0.05, 0.1) is 7.11 Å². The number of aromatic nitrogens is 2. The first-order chi connectivity index (χ1) is 11.7. The van der Waals surface area contributed by atoms with E-state index in [-0.39, 0.29) is 5.92 Å². The number of methoxy groups -OCH3 is 1. The number of hydrogen-bond acceptors (Lipinski definition) is 5. The molecule has 1 aliphatic carbocycles. The van der Waals surface area contributed by atoms with Crippen LogP contribution >= 0.6 is 0 Å². The molecule has 1 aromatic heterocycles. The fourth-order valence-corrected chi connectivity index (χ4v) is 4.64. The summed E-state index contributed by atoms with van der Waals surface area (Å²) in [5.41, 5.74) is 0. The zero-order valence-corrected chi connectivity index (χ0v) is 14.4. The van der Waals surface area contributed by atoms with Gasteiger partial charge in [0.25, 0.3) is 0 Å². The fourth-order valence-electron chi connectivity index (χ4n) is 4.64. The first kappa shape index (κ1) is 15.7. The third-order valence-electron chi connectivity index (χ3n) is 6.04. The van der Waals surface area contributed by atoms with E-state index in [0.717, 1.165) is 56.7 Å². The second-order valence-corrected chi connectivity index (χ2v) is 7.37. The predicted molar refractivity (Wildman–Crippen MR) is 90.9 cm³/mol. The molecule has 2 atom stereocenters. The molecule has 130 valence electrons. The number of nitrogens with zero attached hydrogens (tertiary/aromatic N) is 4. The van der Waals surface area contributed by atoms with Crippen molar-refractivity contribution in [3.05, 3.63) is 12.4 Å². The van der Waals surface area contributed by atoms with Crippen molar-refractivity contribution < 1.29 is 9.53 Å². The number of anilines is 1. The number of fused-ring (bicyclic) bond motifs is 1. The van der Waals surface area contributed by atoms with Crippen molar-refractivity contribution in [2.75, 3.05) is 38.2 Å². The summed E-state index contributed by atoms with van der Waals surface area (Å²) in [5.74, 6) is 3.61. The van der Waals surface area contributed by atoms with E-state index < -0.39 is 0 Å². The lowest BCUT2D eigenvalue weighted by Crippen LogP contribution is -2.42. The second-order valence-electron chi connectivity index (χ2n) is 7.37. The van der Waals surface area contributed by atoms with Crippen molar-refractivity contribution >= 4 is 11.7 Å². The molecule has 6 nitrogen and oxygen atoms in total. The smallest absolute Gasteiger partial charge is 0.225 e. The van der Waals surface area contributed by atoms with E-state index in [2.05, 4.69) is 19.8 Å². The van der Waals surface area contributed by atoms with Gasteiger partial charge in [0.1, 0.15) is 12.1 Å². The van der Waals surface area contributed by atoms with Gasteiger partial charge in [0.2, 0.25) is 11.8 Å². The Hall–Kier alpha value is -1.85. The molecule has 1 saturated carbocycles. The first-order valence-electron chi connectivity index (χ1n) is 9.14. The number of carbonyl (C=O) groups excluding carboxylic acids is 1. The number of hydrogen-bond donors (Lipinski definition) is 0. The highest BCUT2D eigenvalue weighted by atomic mass is 16.5. The molecular formula is C18H26N4O2. The topological polar surface area (TPSA) is 58.6 Å². The molecule has 3 aliphatic rings. The van der Waals surface area contributed by atoms with Gasteiger partial charge in [-0.2, -0.15) is 0 Å². The third kappa shape index (κ3) is 2.94. The molecule has 6 heteroatoms. The largest absolute Gasteiger partial charge is 0.481 e. The molecule has 3 heterocycles. The number of ether oxygens (including phenoxy) is 1. The van der Waals surface area contributed by atoms with Gasteiger partial charge >= 0.3 is 0 Å². The average molecular weight is 330 g/mol. The second kappa shape index (κ2) is 6.57. The highest BCUT2D eigenvalue weighted by Gasteiger charge is 2.40. The van der Waals surface area contributed by atoms with Crippen LogP contribution in [0.3, 0.4) is 0 Å². The van der Waals surface area contributed by atoms with Gasteiger partial charge in [-0.15, -0.1) is 0 Å². The van der Waals surface area contributed by atoms with E-state index in [1.54, 1.807) is 7.11 Å². The highest BCUT2D eigenvalue weighted by molar-refractivity contribution is 5.79. The monoisotopic (exact) mass is 330 g/mol. The molecule has 0 aromatic carbocycles. The van der Waals surface area contributed by atoms with Gasteiger partial charge < -0.3 is 14.5 Å². The molecule has 3 fully saturated rings. The molecule has 4 rings (SSSR count). The Balaban J connectivity index is 1.33. The summed E-state index contributed by atoms with van der Waals surface area (Å²) in [7, 11) is 1.61. The van der Waals surface area contributed by atoms with Crippen LogP contribution in [0.1, 0.15) is 32.1 Å². The van der Waals surface area contributed by atoms with E-state index in [1.807, 2.05) is 6.07 Å². The maximum absolute atomic E-state index is 12.8. The van der Waals surface area contributed by atoms with Crippen LogP contribution in [0.15, 0.2) is 12.4 Å². The number of likely N-dealkylation sites (tertiary alicyclic amines) is 1. The zero-order chi connectivity index (χ0) is 16.5. The summed E-state index contributed by atoms with van der Waals surface area (Å²) in [6.45, 7) is 3.76. The SMILES string of the molecule is COc1cc(N2CCC(C(=O)N3CC4CCCC4C3)CC2)ncn1. The van der Waals surface area contributed by atoms with Crippen molar-refractivity contribution in [2.45, 2.75) is 32.1 Å². The third-order valence-corrected chi connectivity index (χ3v) is 6.04. The van der Waals surface area contributed by atoms with Crippen LogP contribution in [0.4, 0.5) is 5.82 Å². The number of piperidine rings is 1. The van der Waals surface area contributed by atoms with Gasteiger partial charge in [-0.3, -0.25) is 4.79 Å². The minimum Gasteiger partial charge on any atom is -0.481 e. The quantitative estimate of drug-likeness (QED) is 0.848. The summed E-state index contributed by atoms with van der Waals surface area (Å²) < 4.78 is 5.17. The maximum Gasteiger partial charge on any atom is 0.225 e. The van der Waals surface area contributed by atoms with E-state index in [9.17, 15) is 4.79 Å². The predicted octanol–water partition coefficient (Wildman–Crippen LogP) is 1.96. The van der Waals surface area contributed by atoms with Crippen LogP contribution in [0.25, 0.3) is 0 Å². The first-order valence-corrected chi connectivity index (χ1v) is 9.14. The van der Waals surface area contributed by atoms with Crippen LogP contribution < -0.4 is 9.64 Å². The molecule has 0 bridgehead atoms. The lowest BCUT2D eigenvalue weighted by molar-refractivity contribution is -0.135. The summed E-state index contributed by atoms with van der Waals surface area (Å²) in [6.07, 6.45) is 7.37. The molecule has 0 radical (unpaired) electrons. The Kier molecular flexibility index (Phi) is 4.29. The van der Waals surface area contributed by atoms with Crippen LogP contribution in [-0.4, -0.2) is 54.1 Å². The summed E-state index contributed by atoms with van der Waals surface area (Å²) >= 11 is 0. The number of carbonyl (C=O) groups is 1. The van der Waals surface area contributed by atoms with E-state index in [1.165, 1.54) is 25.6 Å². The molecule has 2 saturated heterocycles. The van der Waals surface area contributed by atoms with Gasteiger partial charge in [0, 0.05) is 38.2 Å². The summed E-state index contributed by atoms with van der Waals surface area (Å²) in [6, 6.07) is 1.86. The minimum atomic E-state index is 0.184.